The molecule has 13 heavy (non-hydrogen) atoms. The van der Waals surface area contributed by atoms with Crippen molar-refractivity contribution in [2.45, 2.75) is 0 Å². The molecule has 1 rings (SSSR count). The van der Waals surface area contributed by atoms with Crippen LogP contribution in [0, 0.1) is 11.3 Å². The van der Waals surface area contributed by atoms with Crippen molar-refractivity contribution in [1.82, 2.24) is 15.0 Å². The molecular weight excluding hydrogens is 172 g/mol. The van der Waals surface area contributed by atoms with Crippen LogP contribution >= 0.6 is 0 Å². The van der Waals surface area contributed by atoms with Crippen molar-refractivity contribution >= 4 is 5.97 Å². The minimum absolute atomic E-state index is 0.156. The molecule has 0 aliphatic rings. The number of esters is 1. The molecule has 0 spiro atoms. The molecule has 6 heteroatoms. The Labute approximate surface area is 73.5 Å². The monoisotopic (exact) mass is 176 g/mol. The van der Waals surface area contributed by atoms with Crippen LogP contribution in [0.15, 0.2) is 24.8 Å². The molecule has 0 aliphatic carbocycles. The van der Waals surface area contributed by atoms with Gasteiger partial charge in [0.2, 0.25) is 0 Å². The van der Waals surface area contributed by atoms with Gasteiger partial charge in [-0.1, -0.05) is 6.58 Å². The molecule has 0 N–H and O–H groups in total. The van der Waals surface area contributed by atoms with Crippen LogP contribution in [0.3, 0.4) is 0 Å². The number of aromatic nitrogens is 3. The molecule has 64 valence electrons. The zero-order chi connectivity index (χ0) is 9.68. The number of nitriles is 1. The normalized spacial score (nSPS) is 8.54. The van der Waals surface area contributed by atoms with Crippen LogP contribution in [-0.4, -0.2) is 20.9 Å². The van der Waals surface area contributed by atoms with Crippen molar-refractivity contribution in [3.05, 3.63) is 24.8 Å². The molecule has 1 heterocycles. The molecule has 0 unspecified atom stereocenters. The van der Waals surface area contributed by atoms with E-state index in [1.807, 2.05) is 0 Å². The fourth-order valence-corrected chi connectivity index (χ4v) is 0.471. The molecule has 0 aliphatic heterocycles. The average molecular weight is 176 g/mol. The van der Waals surface area contributed by atoms with E-state index in [1.165, 1.54) is 12.7 Å². The smallest absolute Gasteiger partial charge is 0.356 e. The summed E-state index contributed by atoms with van der Waals surface area (Å²) in [5, 5.41) is 8.28. The van der Waals surface area contributed by atoms with Crippen LogP contribution in [0.5, 0.6) is 6.01 Å². The predicted molar refractivity (Wildman–Crippen MR) is 40.2 cm³/mol. The fraction of sp³-hybridized carbons (Fsp3) is 0. The first-order valence-electron chi connectivity index (χ1n) is 3.17. The summed E-state index contributed by atoms with van der Waals surface area (Å²) in [5.41, 5.74) is -0.305. The summed E-state index contributed by atoms with van der Waals surface area (Å²) in [4.78, 5) is 21.5. The van der Waals surface area contributed by atoms with Gasteiger partial charge in [0.25, 0.3) is 0 Å². The highest BCUT2D eigenvalue weighted by Crippen LogP contribution is 1.99. The molecule has 0 atom stereocenters. The second-order valence-corrected chi connectivity index (χ2v) is 1.90. The van der Waals surface area contributed by atoms with E-state index in [-0.39, 0.29) is 11.6 Å². The standard InChI is InChI=1S/C7H4N4O2/c1-5(2-8)6(12)13-7-10-3-9-4-11-7/h3-4H,1H2. The van der Waals surface area contributed by atoms with Crippen LogP contribution in [0.25, 0.3) is 0 Å². The topological polar surface area (TPSA) is 88.8 Å². The van der Waals surface area contributed by atoms with Gasteiger partial charge in [0, 0.05) is 0 Å². The van der Waals surface area contributed by atoms with Crippen molar-refractivity contribution < 1.29 is 9.53 Å². The molecule has 0 saturated carbocycles. The SMILES string of the molecule is C=C(C#N)C(=O)Oc1ncncn1. The highest BCUT2D eigenvalue weighted by Gasteiger charge is 2.09. The number of nitrogens with zero attached hydrogens (tertiary/aromatic N) is 4. The Morgan fingerprint density at radius 2 is 2.15 bits per heavy atom. The van der Waals surface area contributed by atoms with Gasteiger partial charge < -0.3 is 4.74 Å². The lowest BCUT2D eigenvalue weighted by Crippen LogP contribution is -2.11. The number of carbonyl (C=O) groups is 1. The van der Waals surface area contributed by atoms with Gasteiger partial charge in [-0.2, -0.15) is 15.2 Å². The first-order chi connectivity index (χ1) is 6.24. The predicted octanol–water partition coefficient (Wildman–Crippen LogP) is -0.143. The van der Waals surface area contributed by atoms with Gasteiger partial charge in [0.1, 0.15) is 24.3 Å². The Morgan fingerprint density at radius 3 is 2.69 bits per heavy atom. The van der Waals surface area contributed by atoms with E-state index in [1.54, 1.807) is 6.07 Å². The number of hydrogen-bond acceptors (Lipinski definition) is 6. The number of carbonyl (C=O) groups excluding carboxylic acids is 1. The van der Waals surface area contributed by atoms with Gasteiger partial charge in [0.05, 0.1) is 0 Å². The zero-order valence-corrected chi connectivity index (χ0v) is 6.47. The summed E-state index contributed by atoms with van der Waals surface area (Å²) in [5.74, 6) is -0.867. The molecule has 0 amide bonds. The lowest BCUT2D eigenvalue weighted by Gasteiger charge is -1.97. The summed E-state index contributed by atoms with van der Waals surface area (Å²) in [7, 11) is 0. The Morgan fingerprint density at radius 1 is 1.54 bits per heavy atom. The summed E-state index contributed by atoms with van der Waals surface area (Å²) in [6, 6.07) is 1.39. The lowest BCUT2D eigenvalue weighted by molar-refractivity contribution is -0.130. The number of rotatable bonds is 2. The minimum atomic E-state index is -0.867. The van der Waals surface area contributed by atoms with Gasteiger partial charge in [-0.25, -0.2) is 9.78 Å². The molecule has 0 radical (unpaired) electrons. The van der Waals surface area contributed by atoms with Crippen molar-refractivity contribution in [1.29, 1.82) is 5.26 Å². The van der Waals surface area contributed by atoms with E-state index in [9.17, 15) is 4.79 Å². The maximum absolute atomic E-state index is 10.9. The second-order valence-electron chi connectivity index (χ2n) is 1.90. The molecule has 6 nitrogen and oxygen atoms in total. The molecule has 0 bridgehead atoms. The molecule has 1 aromatic rings. The van der Waals surface area contributed by atoms with Gasteiger partial charge >= 0.3 is 12.0 Å². The third-order valence-electron chi connectivity index (χ3n) is 1.04. The van der Waals surface area contributed by atoms with Gasteiger partial charge in [-0.05, 0) is 0 Å². The Bertz CT molecular complexity index is 368. The zero-order valence-electron chi connectivity index (χ0n) is 6.47. The minimum Gasteiger partial charge on any atom is -0.387 e. The van der Waals surface area contributed by atoms with Crippen LogP contribution in [0.4, 0.5) is 0 Å². The number of hydrogen-bond donors (Lipinski definition) is 0. The van der Waals surface area contributed by atoms with E-state index < -0.39 is 5.97 Å². The highest BCUT2D eigenvalue weighted by atomic mass is 16.5. The summed E-state index contributed by atoms with van der Waals surface area (Å²) in [6.45, 7) is 3.16. The van der Waals surface area contributed by atoms with Crippen molar-refractivity contribution in [3.8, 4) is 12.1 Å². The Kier molecular flexibility index (Phi) is 2.65. The largest absolute Gasteiger partial charge is 0.387 e. The first-order valence-corrected chi connectivity index (χ1v) is 3.17. The second kappa shape index (κ2) is 3.92. The Hall–Kier alpha value is -2.29. The van der Waals surface area contributed by atoms with Gasteiger partial charge in [0.15, 0.2) is 0 Å². The van der Waals surface area contributed by atoms with Crippen LogP contribution in [-0.2, 0) is 4.79 Å². The van der Waals surface area contributed by atoms with Crippen molar-refractivity contribution in [3.63, 3.8) is 0 Å². The summed E-state index contributed by atoms with van der Waals surface area (Å²) in [6.07, 6.45) is 2.34. The Balaban J connectivity index is 2.67. The summed E-state index contributed by atoms with van der Waals surface area (Å²) < 4.78 is 4.54. The molecule has 0 aromatic carbocycles. The van der Waals surface area contributed by atoms with Crippen molar-refractivity contribution in [2.75, 3.05) is 0 Å². The lowest BCUT2D eigenvalue weighted by atomic mass is 10.3. The highest BCUT2D eigenvalue weighted by molar-refractivity contribution is 5.93. The quantitative estimate of drug-likeness (QED) is 0.354. The molecule has 0 fully saturated rings. The fourth-order valence-electron chi connectivity index (χ4n) is 0.471. The van der Waals surface area contributed by atoms with Gasteiger partial charge in [-0.15, -0.1) is 0 Å². The van der Waals surface area contributed by atoms with Crippen molar-refractivity contribution in [2.24, 2.45) is 0 Å². The average Bonchev–Trinajstić information content (AvgIpc) is 2.18. The van der Waals surface area contributed by atoms with E-state index in [0.717, 1.165) is 0 Å². The van der Waals surface area contributed by atoms with Crippen LogP contribution in [0.2, 0.25) is 0 Å². The summed E-state index contributed by atoms with van der Waals surface area (Å²) >= 11 is 0. The molecular formula is C7H4N4O2. The van der Waals surface area contributed by atoms with E-state index in [2.05, 4.69) is 26.3 Å². The third kappa shape index (κ3) is 2.34. The molecule has 1 aromatic heterocycles. The molecule has 0 saturated heterocycles. The maximum atomic E-state index is 10.9. The van der Waals surface area contributed by atoms with Gasteiger partial charge in [-0.3, -0.25) is 0 Å². The van der Waals surface area contributed by atoms with Crippen LogP contribution in [0.1, 0.15) is 0 Å². The van der Waals surface area contributed by atoms with E-state index in [0.29, 0.717) is 0 Å². The van der Waals surface area contributed by atoms with E-state index >= 15 is 0 Å². The first kappa shape index (κ1) is 8.80. The third-order valence-corrected chi connectivity index (χ3v) is 1.04. The number of ether oxygens (including phenoxy) is 1. The maximum Gasteiger partial charge on any atom is 0.356 e. The van der Waals surface area contributed by atoms with Crippen LogP contribution < -0.4 is 4.74 Å². The van der Waals surface area contributed by atoms with E-state index in [4.69, 9.17) is 5.26 Å².